The summed E-state index contributed by atoms with van der Waals surface area (Å²) in [7, 11) is -3.83. The molecule has 1 rings (SSSR count). The van der Waals surface area contributed by atoms with Crippen LogP contribution in [0.5, 0.6) is 0 Å². The van der Waals surface area contributed by atoms with Crippen LogP contribution in [0.15, 0.2) is 29.2 Å². The Balaban J connectivity index is 0.00000529. The van der Waals surface area contributed by atoms with E-state index < -0.39 is 28.7 Å². The van der Waals surface area contributed by atoms with Crippen molar-refractivity contribution in [2.45, 2.75) is 23.9 Å². The molecule has 0 saturated heterocycles. The molecule has 0 spiro atoms. The molecular formula is C13H19ClF3N3O3S. The van der Waals surface area contributed by atoms with Gasteiger partial charge in [-0.3, -0.25) is 4.79 Å². The summed E-state index contributed by atoms with van der Waals surface area (Å²) in [6.07, 6.45) is -3.33. The molecule has 0 radical (unpaired) electrons. The van der Waals surface area contributed by atoms with Crippen molar-refractivity contribution in [3.05, 3.63) is 29.8 Å². The van der Waals surface area contributed by atoms with E-state index in [-0.39, 0.29) is 29.4 Å². The number of alkyl halides is 3. The maximum Gasteiger partial charge on any atom is 0.405 e. The summed E-state index contributed by atoms with van der Waals surface area (Å²) in [6.45, 7) is -0.860. The molecule has 138 valence electrons. The van der Waals surface area contributed by atoms with Gasteiger partial charge in [0.05, 0.1) is 4.90 Å². The van der Waals surface area contributed by atoms with Crippen molar-refractivity contribution >= 4 is 28.3 Å². The molecule has 0 atom stereocenters. The van der Waals surface area contributed by atoms with Crippen molar-refractivity contribution in [1.29, 1.82) is 0 Å². The van der Waals surface area contributed by atoms with E-state index in [2.05, 4.69) is 4.72 Å². The summed E-state index contributed by atoms with van der Waals surface area (Å²) in [5.74, 6) is -0.998. The van der Waals surface area contributed by atoms with Gasteiger partial charge in [0, 0.05) is 12.1 Å². The van der Waals surface area contributed by atoms with Crippen molar-refractivity contribution in [2.24, 2.45) is 5.73 Å². The number of carbonyl (C=O) groups is 1. The predicted octanol–water partition coefficient (Wildman–Crippen LogP) is 1.42. The molecule has 4 N–H and O–H groups in total. The van der Waals surface area contributed by atoms with Crippen LogP contribution >= 0.6 is 12.4 Å². The predicted molar refractivity (Wildman–Crippen MR) is 85.6 cm³/mol. The summed E-state index contributed by atoms with van der Waals surface area (Å²) in [4.78, 5) is 11.4. The number of nitrogens with one attached hydrogen (secondary N) is 2. The Morgan fingerprint density at radius 2 is 1.88 bits per heavy atom. The molecule has 1 amide bonds. The second kappa shape index (κ2) is 9.82. The minimum absolute atomic E-state index is 0. The molecule has 24 heavy (non-hydrogen) atoms. The maximum absolute atomic E-state index is 12.1. The van der Waals surface area contributed by atoms with Gasteiger partial charge in [0.2, 0.25) is 10.0 Å². The number of amides is 1. The Morgan fingerprint density at radius 3 is 2.46 bits per heavy atom. The van der Waals surface area contributed by atoms with E-state index in [1.807, 2.05) is 0 Å². The third-order valence-corrected chi connectivity index (χ3v) is 4.24. The molecule has 6 nitrogen and oxygen atoms in total. The number of benzene rings is 1. The van der Waals surface area contributed by atoms with Gasteiger partial charge in [-0.05, 0) is 37.6 Å². The molecule has 0 aliphatic carbocycles. The first-order chi connectivity index (χ1) is 10.7. The molecular weight excluding hydrogens is 371 g/mol. The Morgan fingerprint density at radius 1 is 1.21 bits per heavy atom. The lowest BCUT2D eigenvalue weighted by molar-refractivity contribution is -0.123. The summed E-state index contributed by atoms with van der Waals surface area (Å²) < 4.78 is 62.6. The van der Waals surface area contributed by atoms with Gasteiger partial charge in [-0.2, -0.15) is 13.2 Å². The average Bonchev–Trinajstić information content (AvgIpc) is 2.48. The van der Waals surface area contributed by atoms with Crippen LogP contribution in [0.1, 0.15) is 23.2 Å². The zero-order chi connectivity index (χ0) is 17.5. The van der Waals surface area contributed by atoms with Crippen LogP contribution in [0.2, 0.25) is 0 Å². The van der Waals surface area contributed by atoms with Gasteiger partial charge >= 0.3 is 6.18 Å². The molecule has 0 fully saturated rings. The number of nitrogens with two attached hydrogens (primary N) is 1. The Kier molecular flexibility index (Phi) is 9.26. The van der Waals surface area contributed by atoms with Gasteiger partial charge in [0.1, 0.15) is 6.54 Å². The molecule has 11 heteroatoms. The standard InChI is InChI=1S/C13H18F3N3O3S.ClH/c14-13(15,16)9-18-12(20)10-4-3-5-11(8-10)23(21,22)19-7-2-1-6-17;/h3-5,8,19H,1-2,6-7,9,17H2,(H,18,20);1H. The first-order valence-electron chi connectivity index (χ1n) is 6.80. The largest absolute Gasteiger partial charge is 0.405 e. The molecule has 1 aromatic carbocycles. The highest BCUT2D eigenvalue weighted by molar-refractivity contribution is 7.89. The molecule has 0 aliphatic heterocycles. The third-order valence-electron chi connectivity index (χ3n) is 2.78. The van der Waals surface area contributed by atoms with Crippen LogP contribution in [-0.2, 0) is 10.0 Å². The fourth-order valence-corrected chi connectivity index (χ4v) is 2.77. The van der Waals surface area contributed by atoms with Crippen molar-refractivity contribution in [3.8, 4) is 0 Å². The molecule has 0 aliphatic rings. The first-order valence-corrected chi connectivity index (χ1v) is 8.29. The van der Waals surface area contributed by atoms with Crippen LogP contribution in [0.4, 0.5) is 13.2 Å². The van der Waals surface area contributed by atoms with E-state index in [1.165, 1.54) is 18.2 Å². The van der Waals surface area contributed by atoms with Gasteiger partial charge in [-0.15, -0.1) is 12.4 Å². The van der Waals surface area contributed by atoms with Crippen LogP contribution in [0, 0.1) is 0 Å². The van der Waals surface area contributed by atoms with Crippen LogP contribution in [0.3, 0.4) is 0 Å². The lowest BCUT2D eigenvalue weighted by atomic mass is 10.2. The fraction of sp³-hybridized carbons (Fsp3) is 0.462. The number of hydrogen-bond donors (Lipinski definition) is 3. The Labute approximate surface area is 144 Å². The topological polar surface area (TPSA) is 101 Å². The summed E-state index contributed by atoms with van der Waals surface area (Å²) in [5.41, 5.74) is 5.13. The lowest BCUT2D eigenvalue weighted by Gasteiger charge is -2.10. The number of halogens is 4. The highest BCUT2D eigenvalue weighted by atomic mass is 35.5. The zero-order valence-corrected chi connectivity index (χ0v) is 14.2. The number of unbranched alkanes of at least 4 members (excludes halogenated alkanes) is 1. The van der Waals surface area contributed by atoms with E-state index in [1.54, 1.807) is 5.32 Å². The second-order valence-electron chi connectivity index (χ2n) is 4.72. The van der Waals surface area contributed by atoms with Gasteiger partial charge in [-0.1, -0.05) is 6.07 Å². The SMILES string of the molecule is Cl.NCCCCNS(=O)(=O)c1cccc(C(=O)NCC(F)(F)F)c1. The summed E-state index contributed by atoms with van der Waals surface area (Å²) >= 11 is 0. The molecule has 1 aromatic rings. The lowest BCUT2D eigenvalue weighted by Crippen LogP contribution is -2.33. The highest BCUT2D eigenvalue weighted by Crippen LogP contribution is 2.14. The maximum atomic E-state index is 12.1. The number of rotatable bonds is 8. The van der Waals surface area contributed by atoms with E-state index in [4.69, 9.17) is 5.73 Å². The van der Waals surface area contributed by atoms with Crippen molar-refractivity contribution in [2.75, 3.05) is 19.6 Å². The van der Waals surface area contributed by atoms with Gasteiger partial charge in [0.15, 0.2) is 0 Å². The third kappa shape index (κ3) is 7.95. The molecule has 0 aromatic heterocycles. The van der Waals surface area contributed by atoms with Gasteiger partial charge in [-0.25, -0.2) is 13.1 Å². The normalized spacial score (nSPS) is 11.7. The Hall–Kier alpha value is -1.36. The second-order valence-corrected chi connectivity index (χ2v) is 6.49. The fourth-order valence-electron chi connectivity index (χ4n) is 1.65. The van der Waals surface area contributed by atoms with E-state index in [0.29, 0.717) is 19.4 Å². The minimum atomic E-state index is -4.54. The molecule has 0 heterocycles. The van der Waals surface area contributed by atoms with Crippen molar-refractivity contribution in [3.63, 3.8) is 0 Å². The summed E-state index contributed by atoms with van der Waals surface area (Å²) in [5, 5.41) is 1.68. The van der Waals surface area contributed by atoms with Crippen LogP contribution < -0.4 is 15.8 Å². The number of sulfonamides is 1. The first kappa shape index (κ1) is 22.6. The zero-order valence-electron chi connectivity index (χ0n) is 12.6. The molecule has 0 saturated carbocycles. The monoisotopic (exact) mass is 389 g/mol. The molecule has 0 bridgehead atoms. The highest BCUT2D eigenvalue weighted by Gasteiger charge is 2.28. The van der Waals surface area contributed by atoms with Crippen molar-refractivity contribution < 1.29 is 26.4 Å². The van der Waals surface area contributed by atoms with E-state index in [0.717, 1.165) is 6.07 Å². The van der Waals surface area contributed by atoms with Gasteiger partial charge < -0.3 is 11.1 Å². The van der Waals surface area contributed by atoms with E-state index in [9.17, 15) is 26.4 Å². The van der Waals surface area contributed by atoms with Crippen LogP contribution in [0.25, 0.3) is 0 Å². The Bertz CT molecular complexity index is 639. The van der Waals surface area contributed by atoms with Gasteiger partial charge in [0.25, 0.3) is 5.91 Å². The quantitative estimate of drug-likeness (QED) is 0.585. The van der Waals surface area contributed by atoms with Crippen LogP contribution in [-0.4, -0.2) is 40.1 Å². The summed E-state index contributed by atoms with van der Waals surface area (Å²) in [6, 6.07) is 4.80. The smallest absolute Gasteiger partial charge is 0.343 e. The van der Waals surface area contributed by atoms with E-state index >= 15 is 0 Å². The van der Waals surface area contributed by atoms with Crippen molar-refractivity contribution in [1.82, 2.24) is 10.0 Å². The number of hydrogen-bond acceptors (Lipinski definition) is 4. The number of carbonyl (C=O) groups excluding carboxylic acids is 1. The minimum Gasteiger partial charge on any atom is -0.343 e. The molecule has 0 unspecified atom stereocenters. The average molecular weight is 390 g/mol.